The third kappa shape index (κ3) is 5.13. The summed E-state index contributed by atoms with van der Waals surface area (Å²) in [6.45, 7) is 1.67. The van der Waals surface area contributed by atoms with Crippen molar-refractivity contribution < 1.29 is 14.7 Å². The number of likely N-dealkylation sites (tertiary alicyclic amines) is 1. The van der Waals surface area contributed by atoms with Crippen LogP contribution in [0, 0.1) is 5.92 Å². The molecule has 1 aromatic heterocycles. The molecule has 1 saturated heterocycles. The van der Waals surface area contributed by atoms with Crippen LogP contribution in [-0.4, -0.2) is 58.4 Å². The van der Waals surface area contributed by atoms with Crippen LogP contribution in [0.5, 0.6) is 5.75 Å². The van der Waals surface area contributed by atoms with Crippen molar-refractivity contribution in [3.05, 3.63) is 56.8 Å². The van der Waals surface area contributed by atoms with Crippen LogP contribution in [0.3, 0.4) is 0 Å². The molecule has 29 heavy (non-hydrogen) atoms. The fourth-order valence-electron chi connectivity index (χ4n) is 3.45. The van der Waals surface area contributed by atoms with Gasteiger partial charge in [-0.1, -0.05) is 34.8 Å². The van der Waals surface area contributed by atoms with E-state index in [1.165, 1.54) is 30.6 Å². The quantitative estimate of drug-likeness (QED) is 0.741. The van der Waals surface area contributed by atoms with Crippen molar-refractivity contribution in [1.29, 1.82) is 0 Å². The molecule has 2 amide bonds. The van der Waals surface area contributed by atoms with Gasteiger partial charge < -0.3 is 14.9 Å². The van der Waals surface area contributed by atoms with Crippen molar-refractivity contribution in [1.82, 2.24) is 14.8 Å². The highest BCUT2D eigenvalue weighted by atomic mass is 35.5. The van der Waals surface area contributed by atoms with Crippen molar-refractivity contribution in [2.75, 3.05) is 26.7 Å². The van der Waals surface area contributed by atoms with E-state index in [4.69, 9.17) is 34.8 Å². The summed E-state index contributed by atoms with van der Waals surface area (Å²) in [5.41, 5.74) is 0.638. The first-order valence-corrected chi connectivity index (χ1v) is 10.2. The van der Waals surface area contributed by atoms with Gasteiger partial charge in [0.2, 0.25) is 0 Å². The Morgan fingerprint density at radius 3 is 2.52 bits per heavy atom. The van der Waals surface area contributed by atoms with Gasteiger partial charge >= 0.3 is 0 Å². The van der Waals surface area contributed by atoms with Gasteiger partial charge in [0, 0.05) is 49.7 Å². The Hall–Kier alpha value is -2.02. The Labute approximate surface area is 184 Å². The molecule has 9 heteroatoms. The Morgan fingerprint density at radius 1 is 1.17 bits per heavy atom. The number of aromatic hydroxyl groups is 1. The number of carbonyl (C=O) groups is 2. The second-order valence-electron chi connectivity index (χ2n) is 7.10. The normalized spacial score (nSPS) is 14.7. The molecule has 0 radical (unpaired) electrons. The van der Waals surface area contributed by atoms with Gasteiger partial charge in [-0.25, -0.2) is 0 Å². The fourth-order valence-corrected chi connectivity index (χ4v) is 4.01. The minimum Gasteiger partial charge on any atom is -0.508 e. The minimum absolute atomic E-state index is 0.0461. The second kappa shape index (κ2) is 9.20. The van der Waals surface area contributed by atoms with E-state index < -0.39 is 0 Å². The summed E-state index contributed by atoms with van der Waals surface area (Å²) in [6.07, 6.45) is 4.35. The third-order valence-corrected chi connectivity index (χ3v) is 5.99. The van der Waals surface area contributed by atoms with Crippen molar-refractivity contribution >= 4 is 46.6 Å². The lowest BCUT2D eigenvalue weighted by Gasteiger charge is -2.34. The number of pyridine rings is 1. The molecule has 154 valence electrons. The van der Waals surface area contributed by atoms with Crippen LogP contribution in [0.25, 0.3) is 0 Å². The van der Waals surface area contributed by atoms with Crippen LogP contribution in [-0.2, 0) is 0 Å². The van der Waals surface area contributed by atoms with Crippen LogP contribution in [0.1, 0.15) is 33.6 Å². The number of halogens is 3. The summed E-state index contributed by atoms with van der Waals surface area (Å²) < 4.78 is 0. The van der Waals surface area contributed by atoms with Gasteiger partial charge in [0.05, 0.1) is 15.6 Å². The number of benzene rings is 1. The van der Waals surface area contributed by atoms with E-state index in [1.807, 2.05) is 0 Å². The van der Waals surface area contributed by atoms with E-state index >= 15 is 0 Å². The molecule has 1 aliphatic heterocycles. The van der Waals surface area contributed by atoms with Crippen molar-refractivity contribution in [3.63, 3.8) is 0 Å². The average molecular weight is 457 g/mol. The Kier molecular flexibility index (Phi) is 6.88. The zero-order chi connectivity index (χ0) is 21.1. The molecule has 1 N–H and O–H groups in total. The number of phenols is 1. The number of nitrogens with zero attached hydrogens (tertiary/aromatic N) is 3. The van der Waals surface area contributed by atoms with Crippen LogP contribution < -0.4 is 0 Å². The summed E-state index contributed by atoms with van der Waals surface area (Å²) in [7, 11) is 1.72. The summed E-state index contributed by atoms with van der Waals surface area (Å²) >= 11 is 18.0. The molecule has 0 aliphatic carbocycles. The summed E-state index contributed by atoms with van der Waals surface area (Å²) in [4.78, 5) is 32.6. The maximum atomic E-state index is 12.7. The van der Waals surface area contributed by atoms with Crippen LogP contribution in [0.15, 0.2) is 30.6 Å². The first-order chi connectivity index (χ1) is 13.8. The number of hydrogen-bond donors (Lipinski definition) is 1. The first kappa shape index (κ1) is 21.7. The minimum atomic E-state index is -0.210. The van der Waals surface area contributed by atoms with Gasteiger partial charge in [-0.05, 0) is 37.0 Å². The van der Waals surface area contributed by atoms with E-state index in [1.54, 1.807) is 16.8 Å². The maximum Gasteiger partial charge on any atom is 0.256 e. The predicted molar refractivity (Wildman–Crippen MR) is 113 cm³/mol. The molecule has 2 aromatic rings. The molecule has 1 aliphatic rings. The van der Waals surface area contributed by atoms with Crippen molar-refractivity contribution in [2.24, 2.45) is 5.92 Å². The maximum absolute atomic E-state index is 12.7. The first-order valence-electron chi connectivity index (χ1n) is 9.09. The molecule has 3 rings (SSSR count). The lowest BCUT2D eigenvalue weighted by atomic mass is 9.95. The van der Waals surface area contributed by atoms with Crippen LogP contribution in [0.2, 0.25) is 15.1 Å². The van der Waals surface area contributed by atoms with Crippen LogP contribution >= 0.6 is 34.8 Å². The Balaban J connectivity index is 1.57. The molecule has 0 atom stereocenters. The van der Waals surface area contributed by atoms with E-state index in [0.717, 1.165) is 12.8 Å². The third-order valence-electron chi connectivity index (χ3n) is 4.98. The van der Waals surface area contributed by atoms with E-state index in [9.17, 15) is 14.7 Å². The predicted octanol–water partition coefficient (Wildman–Crippen LogP) is 4.37. The lowest BCUT2D eigenvalue weighted by Crippen LogP contribution is -2.42. The Morgan fingerprint density at radius 2 is 1.86 bits per heavy atom. The number of piperidine rings is 1. The Bertz CT molecular complexity index is 910. The van der Waals surface area contributed by atoms with Gasteiger partial charge in [0.25, 0.3) is 11.8 Å². The SMILES string of the molecule is CN(CC1CCN(C(=O)c2cncc(Cl)c2Cl)CC1)C(=O)c1cc(O)cc(Cl)c1. The lowest BCUT2D eigenvalue weighted by molar-refractivity contribution is 0.0634. The molecule has 2 heterocycles. The molecule has 0 saturated carbocycles. The number of phenolic OH excluding ortho intramolecular Hbond substituents is 1. The molecule has 1 aromatic carbocycles. The highest BCUT2D eigenvalue weighted by molar-refractivity contribution is 6.43. The smallest absolute Gasteiger partial charge is 0.256 e. The van der Waals surface area contributed by atoms with Gasteiger partial charge in [0.15, 0.2) is 0 Å². The molecule has 1 fully saturated rings. The second-order valence-corrected chi connectivity index (χ2v) is 8.32. The molecule has 0 bridgehead atoms. The number of aromatic nitrogens is 1. The largest absolute Gasteiger partial charge is 0.508 e. The number of amides is 2. The molecular formula is C20H20Cl3N3O3. The fraction of sp³-hybridized carbons (Fsp3) is 0.350. The standard InChI is InChI=1S/C20H20Cl3N3O3/c1-25(19(28)13-6-14(21)8-15(27)7-13)11-12-2-4-26(5-3-12)20(29)16-9-24-10-17(22)18(16)23/h6-10,12,27H,2-5,11H2,1H3. The molecule has 0 unspecified atom stereocenters. The topological polar surface area (TPSA) is 73.7 Å². The average Bonchev–Trinajstić information content (AvgIpc) is 2.68. The van der Waals surface area contributed by atoms with Crippen molar-refractivity contribution in [2.45, 2.75) is 12.8 Å². The van der Waals surface area contributed by atoms with Crippen LogP contribution in [0.4, 0.5) is 0 Å². The van der Waals surface area contributed by atoms with Gasteiger partial charge in [0.1, 0.15) is 5.75 Å². The van der Waals surface area contributed by atoms with E-state index in [2.05, 4.69) is 4.98 Å². The summed E-state index contributed by atoms with van der Waals surface area (Å²) in [5, 5.41) is 10.4. The molecule has 6 nitrogen and oxygen atoms in total. The molecule has 0 spiro atoms. The zero-order valence-corrected chi connectivity index (χ0v) is 18.0. The van der Waals surface area contributed by atoms with E-state index in [0.29, 0.717) is 35.8 Å². The monoisotopic (exact) mass is 455 g/mol. The van der Waals surface area contributed by atoms with Crippen molar-refractivity contribution in [3.8, 4) is 5.75 Å². The summed E-state index contributed by atoms with van der Waals surface area (Å²) in [5.74, 6) is -0.190. The highest BCUT2D eigenvalue weighted by Gasteiger charge is 2.27. The molecular weight excluding hydrogens is 437 g/mol. The number of carbonyl (C=O) groups excluding carboxylic acids is 2. The van der Waals surface area contributed by atoms with Gasteiger partial charge in [-0.3, -0.25) is 14.6 Å². The van der Waals surface area contributed by atoms with Gasteiger partial charge in [-0.2, -0.15) is 0 Å². The zero-order valence-electron chi connectivity index (χ0n) is 15.7. The van der Waals surface area contributed by atoms with Gasteiger partial charge in [-0.15, -0.1) is 0 Å². The highest BCUT2D eigenvalue weighted by Crippen LogP contribution is 2.27. The van der Waals surface area contributed by atoms with E-state index in [-0.39, 0.29) is 33.5 Å². The number of hydrogen-bond acceptors (Lipinski definition) is 4. The number of rotatable bonds is 4. The summed E-state index contributed by atoms with van der Waals surface area (Å²) in [6, 6.07) is 4.31.